The third-order valence-corrected chi connectivity index (χ3v) is 4.28. The number of halogens is 1. The Morgan fingerprint density at radius 3 is 2.60 bits per heavy atom. The van der Waals surface area contributed by atoms with Gasteiger partial charge in [-0.2, -0.15) is 0 Å². The van der Waals surface area contributed by atoms with Crippen molar-refractivity contribution >= 4 is 28.2 Å². The Balaban J connectivity index is 1.68. The predicted octanol–water partition coefficient (Wildman–Crippen LogP) is 4.91. The summed E-state index contributed by atoms with van der Waals surface area (Å²) >= 11 is 1.33. The maximum absolute atomic E-state index is 12.9. The molecule has 0 saturated carbocycles. The first-order valence-electron chi connectivity index (χ1n) is 7.49. The van der Waals surface area contributed by atoms with Crippen molar-refractivity contribution in [2.75, 3.05) is 17.7 Å². The van der Waals surface area contributed by atoms with Crippen molar-refractivity contribution in [1.82, 2.24) is 4.98 Å². The highest BCUT2D eigenvalue weighted by Gasteiger charge is 2.09. The van der Waals surface area contributed by atoms with Gasteiger partial charge in [-0.05, 0) is 55.0 Å². The van der Waals surface area contributed by atoms with E-state index in [1.54, 1.807) is 7.11 Å². The van der Waals surface area contributed by atoms with Crippen LogP contribution in [0.25, 0.3) is 11.3 Å². The van der Waals surface area contributed by atoms with Crippen molar-refractivity contribution in [2.45, 2.75) is 6.92 Å². The van der Waals surface area contributed by atoms with E-state index in [1.165, 1.54) is 35.6 Å². The van der Waals surface area contributed by atoms with Crippen LogP contribution in [0.1, 0.15) is 5.56 Å². The van der Waals surface area contributed by atoms with Crippen molar-refractivity contribution < 1.29 is 13.9 Å². The number of benzene rings is 2. The molecular weight excluding hydrogens is 341 g/mol. The van der Waals surface area contributed by atoms with Gasteiger partial charge in [0, 0.05) is 16.6 Å². The fraction of sp³-hybridized carbons (Fsp3) is 0.111. The summed E-state index contributed by atoms with van der Waals surface area (Å²) in [6.07, 6.45) is 0. The average Bonchev–Trinajstić information content (AvgIpc) is 3.05. The lowest BCUT2D eigenvalue weighted by atomic mass is 10.1. The molecule has 1 aromatic heterocycles. The van der Waals surface area contributed by atoms with Gasteiger partial charge in [-0.25, -0.2) is 14.2 Å². The van der Waals surface area contributed by atoms with Crippen molar-refractivity contribution in [3.8, 4) is 17.0 Å². The van der Waals surface area contributed by atoms with Crippen LogP contribution in [0.5, 0.6) is 5.75 Å². The summed E-state index contributed by atoms with van der Waals surface area (Å²) in [6.45, 7) is 1.96. The summed E-state index contributed by atoms with van der Waals surface area (Å²) in [5.41, 5.74) is 3.23. The topological polar surface area (TPSA) is 63.2 Å². The van der Waals surface area contributed by atoms with E-state index in [-0.39, 0.29) is 5.82 Å². The molecule has 0 aliphatic carbocycles. The molecule has 0 saturated heterocycles. The molecule has 0 fully saturated rings. The molecule has 25 heavy (non-hydrogen) atoms. The second-order valence-electron chi connectivity index (χ2n) is 5.31. The summed E-state index contributed by atoms with van der Waals surface area (Å²) < 4.78 is 18.1. The standard InChI is InChI=1S/C18H16FN3O2S/c1-11-9-12(3-8-16(11)24-2)15-10-25-18(21-15)22-17(23)20-14-6-4-13(19)5-7-14/h3-10H,1-2H3,(H2,20,21,22,23). The van der Waals surface area contributed by atoms with Crippen LogP contribution in [0.3, 0.4) is 0 Å². The van der Waals surface area contributed by atoms with E-state index >= 15 is 0 Å². The number of hydrogen-bond acceptors (Lipinski definition) is 4. The van der Waals surface area contributed by atoms with Gasteiger partial charge < -0.3 is 10.1 Å². The van der Waals surface area contributed by atoms with Crippen LogP contribution in [0.4, 0.5) is 20.0 Å². The second-order valence-corrected chi connectivity index (χ2v) is 6.17. The number of anilines is 2. The lowest BCUT2D eigenvalue weighted by Gasteiger charge is -2.06. The molecule has 0 radical (unpaired) electrons. The lowest BCUT2D eigenvalue weighted by molar-refractivity contribution is 0.262. The number of ether oxygens (including phenoxy) is 1. The van der Waals surface area contributed by atoms with Gasteiger partial charge >= 0.3 is 6.03 Å². The van der Waals surface area contributed by atoms with Crippen LogP contribution in [-0.2, 0) is 0 Å². The Labute approximate surface area is 148 Å². The fourth-order valence-corrected chi connectivity index (χ4v) is 3.01. The summed E-state index contributed by atoms with van der Waals surface area (Å²) in [4.78, 5) is 16.4. The SMILES string of the molecule is COc1ccc(-c2csc(NC(=O)Nc3ccc(F)cc3)n2)cc1C. The minimum absolute atomic E-state index is 0.356. The van der Waals surface area contributed by atoms with Crippen LogP contribution in [0.15, 0.2) is 47.8 Å². The van der Waals surface area contributed by atoms with Crippen LogP contribution >= 0.6 is 11.3 Å². The van der Waals surface area contributed by atoms with Crippen molar-refractivity contribution in [3.05, 3.63) is 59.2 Å². The van der Waals surface area contributed by atoms with E-state index in [1.807, 2.05) is 30.5 Å². The number of hydrogen-bond donors (Lipinski definition) is 2. The van der Waals surface area contributed by atoms with Crippen LogP contribution in [-0.4, -0.2) is 18.1 Å². The number of aryl methyl sites for hydroxylation is 1. The summed E-state index contributed by atoms with van der Waals surface area (Å²) in [5.74, 6) is 0.460. The van der Waals surface area contributed by atoms with E-state index in [0.29, 0.717) is 10.8 Å². The highest BCUT2D eigenvalue weighted by Crippen LogP contribution is 2.28. The minimum Gasteiger partial charge on any atom is -0.496 e. The normalized spacial score (nSPS) is 10.4. The van der Waals surface area contributed by atoms with Gasteiger partial charge in [-0.15, -0.1) is 11.3 Å². The molecule has 0 spiro atoms. The molecule has 0 aliphatic rings. The number of carbonyl (C=O) groups excluding carboxylic acids is 1. The molecule has 0 unspecified atom stereocenters. The van der Waals surface area contributed by atoms with Gasteiger partial charge in [0.15, 0.2) is 5.13 Å². The van der Waals surface area contributed by atoms with E-state index < -0.39 is 6.03 Å². The number of thiazole rings is 1. The zero-order valence-electron chi connectivity index (χ0n) is 13.7. The quantitative estimate of drug-likeness (QED) is 0.697. The molecule has 1 heterocycles. The number of methoxy groups -OCH3 is 1. The van der Waals surface area contributed by atoms with E-state index in [9.17, 15) is 9.18 Å². The number of urea groups is 1. The van der Waals surface area contributed by atoms with Gasteiger partial charge in [-0.3, -0.25) is 5.32 Å². The molecule has 5 nitrogen and oxygen atoms in total. The number of nitrogens with one attached hydrogen (secondary N) is 2. The molecule has 2 aromatic carbocycles. The van der Waals surface area contributed by atoms with Crippen LogP contribution in [0.2, 0.25) is 0 Å². The number of aromatic nitrogens is 1. The van der Waals surface area contributed by atoms with E-state index in [0.717, 1.165) is 22.6 Å². The molecule has 3 aromatic rings. The van der Waals surface area contributed by atoms with Crippen molar-refractivity contribution in [3.63, 3.8) is 0 Å². The molecule has 0 bridgehead atoms. The van der Waals surface area contributed by atoms with Crippen LogP contribution < -0.4 is 15.4 Å². The predicted molar refractivity (Wildman–Crippen MR) is 97.9 cm³/mol. The Kier molecular flexibility index (Phi) is 4.95. The van der Waals surface area contributed by atoms with Gasteiger partial charge in [0.1, 0.15) is 11.6 Å². The fourth-order valence-electron chi connectivity index (χ4n) is 2.29. The van der Waals surface area contributed by atoms with E-state index in [4.69, 9.17) is 4.74 Å². The number of rotatable bonds is 4. The minimum atomic E-state index is -0.432. The monoisotopic (exact) mass is 357 g/mol. The highest BCUT2D eigenvalue weighted by molar-refractivity contribution is 7.14. The second kappa shape index (κ2) is 7.31. The third-order valence-electron chi connectivity index (χ3n) is 3.52. The van der Waals surface area contributed by atoms with Crippen molar-refractivity contribution in [1.29, 1.82) is 0 Å². The molecule has 7 heteroatoms. The molecule has 3 rings (SSSR count). The molecule has 2 amide bonds. The number of carbonyl (C=O) groups is 1. The van der Waals surface area contributed by atoms with E-state index in [2.05, 4.69) is 15.6 Å². The number of nitrogens with zero attached hydrogens (tertiary/aromatic N) is 1. The number of amides is 2. The lowest BCUT2D eigenvalue weighted by Crippen LogP contribution is -2.19. The van der Waals surface area contributed by atoms with Gasteiger partial charge in [0.2, 0.25) is 0 Å². The zero-order chi connectivity index (χ0) is 17.8. The summed E-state index contributed by atoms with van der Waals surface area (Å²) in [7, 11) is 1.63. The maximum Gasteiger partial charge on any atom is 0.325 e. The molecule has 0 aliphatic heterocycles. The third kappa shape index (κ3) is 4.13. The molecular formula is C18H16FN3O2S. The zero-order valence-corrected chi connectivity index (χ0v) is 14.5. The van der Waals surface area contributed by atoms with Gasteiger partial charge in [0.05, 0.1) is 12.8 Å². The first kappa shape index (κ1) is 16.9. The smallest absolute Gasteiger partial charge is 0.325 e. The highest BCUT2D eigenvalue weighted by atomic mass is 32.1. The Morgan fingerprint density at radius 1 is 1.16 bits per heavy atom. The van der Waals surface area contributed by atoms with Crippen molar-refractivity contribution in [2.24, 2.45) is 0 Å². The molecule has 128 valence electrons. The Bertz CT molecular complexity index is 894. The maximum atomic E-state index is 12.9. The molecule has 2 N–H and O–H groups in total. The van der Waals surface area contributed by atoms with Gasteiger partial charge in [0.25, 0.3) is 0 Å². The first-order valence-corrected chi connectivity index (χ1v) is 8.37. The Hall–Kier alpha value is -2.93. The first-order chi connectivity index (χ1) is 12.0. The average molecular weight is 357 g/mol. The summed E-state index contributed by atoms with van der Waals surface area (Å²) in [6, 6.07) is 10.9. The Morgan fingerprint density at radius 2 is 1.92 bits per heavy atom. The van der Waals surface area contributed by atoms with Gasteiger partial charge in [-0.1, -0.05) is 0 Å². The van der Waals surface area contributed by atoms with Crippen LogP contribution in [0, 0.1) is 12.7 Å². The molecule has 0 atom stereocenters. The summed E-state index contributed by atoms with van der Waals surface area (Å²) in [5, 5.41) is 7.64. The largest absolute Gasteiger partial charge is 0.496 e.